The monoisotopic (exact) mass is 273 g/mol. The summed E-state index contributed by atoms with van der Waals surface area (Å²) in [6, 6.07) is 7.22. The van der Waals surface area contributed by atoms with Gasteiger partial charge in [-0.3, -0.25) is 9.48 Å². The number of nitrogens with two attached hydrogens (primary N) is 1. The lowest BCUT2D eigenvalue weighted by Gasteiger charge is -2.13. The Morgan fingerprint density at radius 3 is 2.70 bits per heavy atom. The molecule has 2 aromatic rings. The van der Waals surface area contributed by atoms with Crippen LogP contribution >= 0.6 is 0 Å². The van der Waals surface area contributed by atoms with Crippen LogP contribution in [0.15, 0.2) is 30.5 Å². The van der Waals surface area contributed by atoms with E-state index in [-0.39, 0.29) is 5.91 Å². The Kier molecular flexibility index (Phi) is 3.93. The van der Waals surface area contributed by atoms with Crippen molar-refractivity contribution in [3.05, 3.63) is 41.7 Å². The Morgan fingerprint density at radius 2 is 2.15 bits per heavy atom. The number of rotatable bonds is 4. The van der Waals surface area contributed by atoms with Crippen LogP contribution in [0.4, 0.5) is 11.4 Å². The topological polar surface area (TPSA) is 76.2 Å². The molecule has 0 atom stereocenters. The average Bonchev–Trinajstić information content (AvgIpc) is 2.82. The minimum atomic E-state index is -0.0603. The summed E-state index contributed by atoms with van der Waals surface area (Å²) in [4.78, 5) is 13.4. The second kappa shape index (κ2) is 5.64. The minimum Gasteiger partial charge on any atom is -0.397 e. The number of carbonyl (C=O) groups excluding carboxylic acids is 1. The van der Waals surface area contributed by atoms with Crippen LogP contribution in [-0.2, 0) is 13.6 Å². The van der Waals surface area contributed by atoms with E-state index in [4.69, 9.17) is 5.73 Å². The lowest BCUT2D eigenvalue weighted by molar-refractivity contribution is 0.0827. The number of nitrogen functional groups attached to an aromatic ring is 1. The molecule has 0 spiro atoms. The molecule has 20 heavy (non-hydrogen) atoms. The van der Waals surface area contributed by atoms with Crippen molar-refractivity contribution in [1.82, 2.24) is 14.7 Å². The predicted octanol–water partition coefficient (Wildman–Crippen LogP) is 1.32. The number of nitrogens with zero attached hydrogens (tertiary/aromatic N) is 3. The third-order valence-electron chi connectivity index (χ3n) is 3.09. The van der Waals surface area contributed by atoms with Gasteiger partial charge in [0.1, 0.15) is 0 Å². The Balaban J connectivity index is 2.10. The maximum absolute atomic E-state index is 11.8. The molecule has 0 saturated carbocycles. The molecule has 0 aliphatic rings. The molecule has 106 valence electrons. The van der Waals surface area contributed by atoms with Crippen LogP contribution < -0.4 is 11.1 Å². The SMILES string of the molecule is CN(C)C(=O)c1ccc(NCc2ccnn2C)c(N)c1. The number of aromatic nitrogens is 2. The molecule has 0 aliphatic carbocycles. The Bertz CT molecular complexity index is 618. The van der Waals surface area contributed by atoms with Gasteiger partial charge in [0, 0.05) is 32.9 Å². The highest BCUT2D eigenvalue weighted by Crippen LogP contribution is 2.21. The smallest absolute Gasteiger partial charge is 0.253 e. The van der Waals surface area contributed by atoms with Gasteiger partial charge in [-0.15, -0.1) is 0 Å². The zero-order chi connectivity index (χ0) is 14.7. The van der Waals surface area contributed by atoms with E-state index in [1.165, 1.54) is 4.90 Å². The summed E-state index contributed by atoms with van der Waals surface area (Å²) in [6.07, 6.45) is 1.75. The first kappa shape index (κ1) is 13.9. The van der Waals surface area contributed by atoms with Crippen molar-refractivity contribution in [3.63, 3.8) is 0 Å². The molecule has 1 aromatic carbocycles. The van der Waals surface area contributed by atoms with Gasteiger partial charge in [0.05, 0.1) is 23.6 Å². The van der Waals surface area contributed by atoms with Crippen molar-refractivity contribution < 1.29 is 4.79 Å². The maximum Gasteiger partial charge on any atom is 0.253 e. The number of carbonyl (C=O) groups is 1. The number of benzene rings is 1. The van der Waals surface area contributed by atoms with Gasteiger partial charge in [0.15, 0.2) is 0 Å². The standard InChI is InChI=1S/C14H19N5O/c1-18(2)14(20)10-4-5-13(12(15)8-10)16-9-11-6-7-17-19(11)3/h4-8,16H,9,15H2,1-3H3. The molecule has 6 nitrogen and oxygen atoms in total. The lowest BCUT2D eigenvalue weighted by atomic mass is 10.1. The van der Waals surface area contributed by atoms with Crippen molar-refractivity contribution in [2.75, 3.05) is 25.1 Å². The van der Waals surface area contributed by atoms with Crippen molar-refractivity contribution in [1.29, 1.82) is 0 Å². The highest BCUT2D eigenvalue weighted by atomic mass is 16.2. The number of aryl methyl sites for hydroxylation is 1. The van der Waals surface area contributed by atoms with E-state index in [0.29, 0.717) is 17.8 Å². The van der Waals surface area contributed by atoms with Crippen LogP contribution in [0.3, 0.4) is 0 Å². The molecule has 0 aliphatic heterocycles. The molecule has 2 rings (SSSR count). The molecule has 0 unspecified atom stereocenters. The average molecular weight is 273 g/mol. The summed E-state index contributed by atoms with van der Waals surface area (Å²) in [6.45, 7) is 0.627. The molecule has 0 fully saturated rings. The summed E-state index contributed by atoms with van der Waals surface area (Å²) in [5.41, 5.74) is 8.98. The summed E-state index contributed by atoms with van der Waals surface area (Å²) in [5, 5.41) is 7.34. The molecular formula is C14H19N5O. The Labute approximate surface area is 118 Å². The number of amides is 1. The van der Waals surface area contributed by atoms with Gasteiger partial charge in [-0.1, -0.05) is 0 Å². The van der Waals surface area contributed by atoms with Gasteiger partial charge in [0.2, 0.25) is 0 Å². The normalized spacial score (nSPS) is 10.3. The molecule has 3 N–H and O–H groups in total. The highest BCUT2D eigenvalue weighted by Gasteiger charge is 2.10. The van der Waals surface area contributed by atoms with Crippen LogP contribution in [0.5, 0.6) is 0 Å². The second-order valence-corrected chi connectivity index (χ2v) is 4.80. The zero-order valence-electron chi connectivity index (χ0n) is 11.9. The van der Waals surface area contributed by atoms with Gasteiger partial charge in [-0.25, -0.2) is 0 Å². The van der Waals surface area contributed by atoms with Crippen molar-refractivity contribution in [3.8, 4) is 0 Å². The second-order valence-electron chi connectivity index (χ2n) is 4.80. The molecule has 0 saturated heterocycles. The number of nitrogens with one attached hydrogen (secondary N) is 1. The third-order valence-corrected chi connectivity index (χ3v) is 3.09. The van der Waals surface area contributed by atoms with Crippen LogP contribution in [0, 0.1) is 0 Å². The van der Waals surface area contributed by atoms with E-state index in [0.717, 1.165) is 11.4 Å². The largest absolute Gasteiger partial charge is 0.397 e. The van der Waals surface area contributed by atoms with E-state index in [1.807, 2.05) is 19.2 Å². The summed E-state index contributed by atoms with van der Waals surface area (Å²) in [7, 11) is 5.32. The summed E-state index contributed by atoms with van der Waals surface area (Å²) < 4.78 is 1.80. The van der Waals surface area contributed by atoms with Gasteiger partial charge < -0.3 is 16.0 Å². The first-order valence-corrected chi connectivity index (χ1v) is 6.31. The Hall–Kier alpha value is -2.50. The summed E-state index contributed by atoms with van der Waals surface area (Å²) in [5.74, 6) is -0.0603. The van der Waals surface area contributed by atoms with Crippen molar-refractivity contribution >= 4 is 17.3 Å². The van der Waals surface area contributed by atoms with Crippen LogP contribution in [0.1, 0.15) is 16.1 Å². The quantitative estimate of drug-likeness (QED) is 0.824. The van der Waals surface area contributed by atoms with E-state index in [9.17, 15) is 4.79 Å². The lowest BCUT2D eigenvalue weighted by Crippen LogP contribution is -2.21. The molecule has 1 aromatic heterocycles. The third kappa shape index (κ3) is 2.90. The molecule has 0 radical (unpaired) electrons. The van der Waals surface area contributed by atoms with E-state index in [2.05, 4.69) is 10.4 Å². The van der Waals surface area contributed by atoms with Gasteiger partial charge in [-0.2, -0.15) is 5.10 Å². The van der Waals surface area contributed by atoms with Gasteiger partial charge >= 0.3 is 0 Å². The van der Waals surface area contributed by atoms with E-state index in [1.54, 1.807) is 37.1 Å². The van der Waals surface area contributed by atoms with Gasteiger partial charge in [0.25, 0.3) is 5.91 Å². The fraction of sp³-hybridized carbons (Fsp3) is 0.286. The molecule has 1 amide bonds. The predicted molar refractivity (Wildman–Crippen MR) is 79.4 cm³/mol. The highest BCUT2D eigenvalue weighted by molar-refractivity contribution is 5.95. The molecule has 0 bridgehead atoms. The van der Waals surface area contributed by atoms with Crippen molar-refractivity contribution in [2.24, 2.45) is 7.05 Å². The van der Waals surface area contributed by atoms with Gasteiger partial charge in [-0.05, 0) is 24.3 Å². The first-order chi connectivity index (χ1) is 9.49. The van der Waals surface area contributed by atoms with E-state index < -0.39 is 0 Å². The minimum absolute atomic E-state index is 0.0603. The fourth-order valence-electron chi connectivity index (χ4n) is 1.88. The number of anilines is 2. The number of hydrogen-bond donors (Lipinski definition) is 2. The molecule has 6 heteroatoms. The first-order valence-electron chi connectivity index (χ1n) is 6.31. The zero-order valence-corrected chi connectivity index (χ0v) is 11.9. The van der Waals surface area contributed by atoms with Crippen LogP contribution in [0.2, 0.25) is 0 Å². The number of hydrogen-bond acceptors (Lipinski definition) is 4. The van der Waals surface area contributed by atoms with Crippen LogP contribution in [-0.4, -0.2) is 34.7 Å². The molecule has 1 heterocycles. The fourth-order valence-corrected chi connectivity index (χ4v) is 1.88. The van der Waals surface area contributed by atoms with E-state index >= 15 is 0 Å². The maximum atomic E-state index is 11.8. The Morgan fingerprint density at radius 1 is 1.40 bits per heavy atom. The van der Waals surface area contributed by atoms with Crippen molar-refractivity contribution in [2.45, 2.75) is 6.54 Å². The van der Waals surface area contributed by atoms with Crippen LogP contribution in [0.25, 0.3) is 0 Å². The summed E-state index contributed by atoms with van der Waals surface area (Å²) >= 11 is 0. The molecular weight excluding hydrogens is 254 g/mol.